The maximum Gasteiger partial charge on any atom is 0.259 e. The Bertz CT molecular complexity index is 643. The maximum absolute atomic E-state index is 12.9. The first-order chi connectivity index (χ1) is 10.7. The molecule has 1 aliphatic rings. The highest BCUT2D eigenvalue weighted by molar-refractivity contribution is 6.00. The fourth-order valence-corrected chi connectivity index (χ4v) is 2.84. The molecule has 0 unspecified atom stereocenters. The first-order valence-electron chi connectivity index (χ1n) is 7.74. The SMILES string of the molecule is CCN1CCN(C(=O)c2c(-c3ccccc3)noc2C)CC1. The van der Waals surface area contributed by atoms with E-state index in [1.54, 1.807) is 6.92 Å². The average molecular weight is 299 g/mol. The van der Waals surface area contributed by atoms with Crippen LogP contribution in [0.1, 0.15) is 23.0 Å². The van der Waals surface area contributed by atoms with Crippen LogP contribution >= 0.6 is 0 Å². The predicted octanol–water partition coefficient (Wildman–Crippen LogP) is 2.43. The molecule has 0 radical (unpaired) electrons. The number of carbonyl (C=O) groups excluding carboxylic acids is 1. The van der Waals surface area contributed by atoms with Crippen LogP contribution in [0.25, 0.3) is 11.3 Å². The van der Waals surface area contributed by atoms with Crippen LogP contribution in [-0.4, -0.2) is 53.6 Å². The Hall–Kier alpha value is -2.14. The zero-order valence-corrected chi connectivity index (χ0v) is 13.1. The van der Waals surface area contributed by atoms with E-state index in [-0.39, 0.29) is 5.91 Å². The van der Waals surface area contributed by atoms with Gasteiger partial charge in [-0.15, -0.1) is 0 Å². The van der Waals surface area contributed by atoms with Gasteiger partial charge in [0, 0.05) is 31.7 Å². The molecule has 0 spiro atoms. The van der Waals surface area contributed by atoms with Gasteiger partial charge in [-0.25, -0.2) is 0 Å². The normalized spacial score (nSPS) is 16.0. The van der Waals surface area contributed by atoms with Gasteiger partial charge < -0.3 is 14.3 Å². The summed E-state index contributed by atoms with van der Waals surface area (Å²) >= 11 is 0. The molecule has 1 saturated heterocycles. The summed E-state index contributed by atoms with van der Waals surface area (Å²) in [6, 6.07) is 9.72. The van der Waals surface area contributed by atoms with Gasteiger partial charge >= 0.3 is 0 Å². The van der Waals surface area contributed by atoms with Crippen LogP contribution in [0.15, 0.2) is 34.9 Å². The van der Waals surface area contributed by atoms with Crippen molar-refractivity contribution in [3.05, 3.63) is 41.7 Å². The minimum Gasteiger partial charge on any atom is -0.360 e. The number of hydrogen-bond donors (Lipinski definition) is 0. The van der Waals surface area contributed by atoms with E-state index >= 15 is 0 Å². The van der Waals surface area contributed by atoms with Gasteiger partial charge in [0.25, 0.3) is 5.91 Å². The van der Waals surface area contributed by atoms with Crippen LogP contribution in [0.3, 0.4) is 0 Å². The average Bonchev–Trinajstić information content (AvgIpc) is 2.96. The second kappa shape index (κ2) is 6.32. The minimum absolute atomic E-state index is 0.0216. The Morgan fingerprint density at radius 3 is 2.50 bits per heavy atom. The van der Waals surface area contributed by atoms with Crippen molar-refractivity contribution in [3.63, 3.8) is 0 Å². The summed E-state index contributed by atoms with van der Waals surface area (Å²) in [6.07, 6.45) is 0. The summed E-state index contributed by atoms with van der Waals surface area (Å²) < 4.78 is 5.30. The molecule has 2 aromatic rings. The minimum atomic E-state index is 0.0216. The van der Waals surface area contributed by atoms with Gasteiger partial charge in [0.1, 0.15) is 17.0 Å². The highest BCUT2D eigenvalue weighted by Crippen LogP contribution is 2.26. The van der Waals surface area contributed by atoms with Crippen molar-refractivity contribution in [3.8, 4) is 11.3 Å². The Morgan fingerprint density at radius 1 is 1.18 bits per heavy atom. The Kier molecular flexibility index (Phi) is 4.24. The van der Waals surface area contributed by atoms with E-state index in [0.717, 1.165) is 38.3 Å². The van der Waals surface area contributed by atoms with Gasteiger partial charge in [0.05, 0.1) is 0 Å². The first kappa shape index (κ1) is 14.8. The Balaban J connectivity index is 1.86. The lowest BCUT2D eigenvalue weighted by atomic mass is 10.0. The van der Waals surface area contributed by atoms with Crippen molar-refractivity contribution in [2.24, 2.45) is 0 Å². The van der Waals surface area contributed by atoms with E-state index in [1.807, 2.05) is 35.2 Å². The number of rotatable bonds is 3. The highest BCUT2D eigenvalue weighted by Gasteiger charge is 2.28. The first-order valence-corrected chi connectivity index (χ1v) is 7.74. The number of aromatic nitrogens is 1. The van der Waals surface area contributed by atoms with Crippen molar-refractivity contribution in [2.45, 2.75) is 13.8 Å². The zero-order valence-electron chi connectivity index (χ0n) is 13.1. The quantitative estimate of drug-likeness (QED) is 0.873. The molecule has 1 aromatic carbocycles. The molecule has 0 N–H and O–H groups in total. The third-order valence-electron chi connectivity index (χ3n) is 4.23. The molecule has 3 rings (SSSR count). The number of hydrogen-bond acceptors (Lipinski definition) is 4. The lowest BCUT2D eigenvalue weighted by Crippen LogP contribution is -2.48. The molecule has 0 aliphatic carbocycles. The topological polar surface area (TPSA) is 49.6 Å². The van der Waals surface area contributed by atoms with Crippen molar-refractivity contribution in [2.75, 3.05) is 32.7 Å². The zero-order chi connectivity index (χ0) is 15.5. The molecule has 1 aromatic heterocycles. The van der Waals surface area contributed by atoms with Crippen LogP contribution < -0.4 is 0 Å². The third kappa shape index (κ3) is 2.76. The second-order valence-electron chi connectivity index (χ2n) is 5.55. The van der Waals surface area contributed by atoms with Gasteiger partial charge in [-0.3, -0.25) is 4.79 Å². The van der Waals surface area contributed by atoms with Crippen LogP contribution in [-0.2, 0) is 0 Å². The molecule has 22 heavy (non-hydrogen) atoms. The van der Waals surface area contributed by atoms with E-state index in [1.165, 1.54) is 0 Å². The van der Waals surface area contributed by atoms with Crippen LogP contribution in [0.4, 0.5) is 0 Å². The van der Waals surface area contributed by atoms with E-state index < -0.39 is 0 Å². The molecule has 0 bridgehead atoms. The monoisotopic (exact) mass is 299 g/mol. The molecular weight excluding hydrogens is 278 g/mol. The van der Waals surface area contributed by atoms with Crippen LogP contribution in [0.2, 0.25) is 0 Å². The molecule has 0 atom stereocenters. The van der Waals surface area contributed by atoms with E-state index in [2.05, 4.69) is 17.0 Å². The van der Waals surface area contributed by atoms with Gasteiger partial charge in [0.15, 0.2) is 0 Å². The summed E-state index contributed by atoms with van der Waals surface area (Å²) in [5.41, 5.74) is 2.15. The van der Waals surface area contributed by atoms with Crippen LogP contribution in [0, 0.1) is 6.92 Å². The predicted molar refractivity (Wildman–Crippen MR) is 84.7 cm³/mol. The number of aryl methyl sites for hydroxylation is 1. The molecule has 1 fully saturated rings. The van der Waals surface area contributed by atoms with Crippen molar-refractivity contribution >= 4 is 5.91 Å². The molecule has 1 aliphatic heterocycles. The number of benzene rings is 1. The summed E-state index contributed by atoms with van der Waals surface area (Å²) in [5.74, 6) is 0.607. The van der Waals surface area contributed by atoms with E-state index in [9.17, 15) is 4.79 Å². The fourth-order valence-electron chi connectivity index (χ4n) is 2.84. The Labute approximate surface area is 130 Å². The van der Waals surface area contributed by atoms with Gasteiger partial charge in [-0.05, 0) is 13.5 Å². The summed E-state index contributed by atoms with van der Waals surface area (Å²) in [7, 11) is 0. The summed E-state index contributed by atoms with van der Waals surface area (Å²) in [4.78, 5) is 17.1. The fraction of sp³-hybridized carbons (Fsp3) is 0.412. The largest absolute Gasteiger partial charge is 0.360 e. The molecular formula is C17H21N3O2. The number of piperazine rings is 1. The van der Waals surface area contributed by atoms with E-state index in [0.29, 0.717) is 17.0 Å². The molecule has 116 valence electrons. The number of nitrogens with zero attached hydrogens (tertiary/aromatic N) is 3. The number of likely N-dealkylation sites (N-methyl/N-ethyl adjacent to an activating group) is 1. The molecule has 5 nitrogen and oxygen atoms in total. The second-order valence-corrected chi connectivity index (χ2v) is 5.55. The molecule has 5 heteroatoms. The lowest BCUT2D eigenvalue weighted by Gasteiger charge is -2.34. The molecule has 0 saturated carbocycles. The van der Waals surface area contributed by atoms with Gasteiger partial charge in [0.2, 0.25) is 0 Å². The third-order valence-corrected chi connectivity index (χ3v) is 4.23. The Morgan fingerprint density at radius 2 is 1.86 bits per heavy atom. The molecule has 2 heterocycles. The van der Waals surface area contributed by atoms with Crippen molar-refractivity contribution in [1.29, 1.82) is 0 Å². The van der Waals surface area contributed by atoms with Gasteiger partial charge in [-0.1, -0.05) is 42.4 Å². The maximum atomic E-state index is 12.9. The summed E-state index contributed by atoms with van der Waals surface area (Å²) in [5, 5.41) is 4.10. The van der Waals surface area contributed by atoms with Crippen molar-refractivity contribution in [1.82, 2.24) is 15.0 Å². The van der Waals surface area contributed by atoms with Crippen LogP contribution in [0.5, 0.6) is 0 Å². The van der Waals surface area contributed by atoms with E-state index in [4.69, 9.17) is 4.52 Å². The summed E-state index contributed by atoms with van der Waals surface area (Å²) in [6.45, 7) is 8.34. The molecule has 1 amide bonds. The number of carbonyl (C=O) groups is 1. The van der Waals surface area contributed by atoms with Gasteiger partial charge in [-0.2, -0.15) is 0 Å². The highest BCUT2D eigenvalue weighted by atomic mass is 16.5. The lowest BCUT2D eigenvalue weighted by molar-refractivity contribution is 0.0642. The standard InChI is InChI=1S/C17H21N3O2/c1-3-19-9-11-20(12-10-19)17(21)15-13(2)22-18-16(15)14-7-5-4-6-8-14/h4-8H,3,9-12H2,1-2H3. The number of amides is 1. The van der Waals surface area contributed by atoms with Crippen molar-refractivity contribution < 1.29 is 9.32 Å². The smallest absolute Gasteiger partial charge is 0.259 e.